The number of carboxylic acids is 1. The SMILES string of the molecule is N=C=S.O=C(O)c1ccccc1C1c2ccc(O)cc2Oc2cc(O)ccc21. The number of ether oxygens (including phenoxy) is 1. The van der Waals surface area contributed by atoms with E-state index in [-0.39, 0.29) is 23.0 Å². The van der Waals surface area contributed by atoms with Crippen LogP contribution in [-0.4, -0.2) is 26.5 Å². The van der Waals surface area contributed by atoms with Crippen molar-refractivity contribution < 1.29 is 24.9 Å². The molecule has 0 aromatic heterocycles. The Labute approximate surface area is 165 Å². The second-order valence-electron chi connectivity index (χ2n) is 5.97. The Morgan fingerprint density at radius 2 is 1.43 bits per heavy atom. The monoisotopic (exact) mass is 393 g/mol. The van der Waals surface area contributed by atoms with E-state index in [1.54, 1.807) is 53.7 Å². The minimum absolute atomic E-state index is 0.0487. The molecule has 0 spiro atoms. The van der Waals surface area contributed by atoms with Gasteiger partial charge in [0.25, 0.3) is 0 Å². The minimum Gasteiger partial charge on any atom is -0.508 e. The molecule has 3 aromatic carbocycles. The number of carboxylic acid groups (broad SMARTS) is 1. The Kier molecular flexibility index (Phi) is 5.40. The van der Waals surface area contributed by atoms with Crippen molar-refractivity contribution in [2.75, 3.05) is 0 Å². The van der Waals surface area contributed by atoms with E-state index in [4.69, 9.17) is 10.1 Å². The summed E-state index contributed by atoms with van der Waals surface area (Å²) in [4.78, 5) is 11.7. The molecule has 0 bridgehead atoms. The molecular formula is C21H15NO5S. The molecule has 4 N–H and O–H groups in total. The van der Waals surface area contributed by atoms with Gasteiger partial charge in [-0.1, -0.05) is 30.3 Å². The molecule has 0 amide bonds. The summed E-state index contributed by atoms with van der Waals surface area (Å²) in [5.41, 5.74) is 2.33. The molecule has 1 aliphatic rings. The van der Waals surface area contributed by atoms with Gasteiger partial charge in [-0.15, -0.1) is 0 Å². The zero-order valence-electron chi connectivity index (χ0n) is 14.4. The van der Waals surface area contributed by atoms with Gasteiger partial charge in [-0.2, -0.15) is 0 Å². The first-order valence-corrected chi connectivity index (χ1v) is 8.57. The summed E-state index contributed by atoms with van der Waals surface area (Å²) in [5.74, 6) is -0.429. The second kappa shape index (κ2) is 7.92. The quantitative estimate of drug-likeness (QED) is 0.289. The molecule has 0 aliphatic carbocycles. The molecule has 6 nitrogen and oxygen atoms in total. The molecular weight excluding hydrogens is 378 g/mol. The molecule has 0 unspecified atom stereocenters. The number of aromatic carboxylic acids is 1. The first-order valence-electron chi connectivity index (χ1n) is 8.16. The maximum absolute atomic E-state index is 11.7. The highest BCUT2D eigenvalue weighted by Gasteiger charge is 2.31. The van der Waals surface area contributed by atoms with E-state index in [0.29, 0.717) is 17.1 Å². The van der Waals surface area contributed by atoms with Gasteiger partial charge in [0.05, 0.1) is 10.7 Å². The molecule has 0 radical (unpaired) electrons. The van der Waals surface area contributed by atoms with Crippen LogP contribution in [0.15, 0.2) is 60.7 Å². The number of aromatic hydroxyl groups is 2. The number of nitrogens with one attached hydrogen (secondary N) is 1. The Morgan fingerprint density at radius 3 is 1.93 bits per heavy atom. The zero-order valence-corrected chi connectivity index (χ0v) is 15.2. The summed E-state index contributed by atoms with van der Waals surface area (Å²) >= 11 is 3.81. The molecule has 140 valence electrons. The molecule has 4 rings (SSSR count). The molecule has 0 atom stereocenters. The van der Waals surface area contributed by atoms with Gasteiger partial charge in [0.15, 0.2) is 0 Å². The van der Waals surface area contributed by atoms with E-state index in [1.807, 2.05) is 0 Å². The summed E-state index contributed by atoms with van der Waals surface area (Å²) < 4.78 is 5.82. The lowest BCUT2D eigenvalue weighted by molar-refractivity contribution is 0.0695. The predicted molar refractivity (Wildman–Crippen MR) is 106 cm³/mol. The second-order valence-corrected chi connectivity index (χ2v) is 6.18. The van der Waals surface area contributed by atoms with Crippen molar-refractivity contribution in [2.24, 2.45) is 0 Å². The molecule has 1 aliphatic heterocycles. The average molecular weight is 393 g/mol. The van der Waals surface area contributed by atoms with Crippen molar-refractivity contribution in [3.63, 3.8) is 0 Å². The molecule has 1 heterocycles. The molecule has 3 aromatic rings. The Bertz CT molecular complexity index is 1040. The fourth-order valence-corrected chi connectivity index (χ4v) is 3.26. The average Bonchev–Trinajstić information content (AvgIpc) is 2.66. The minimum atomic E-state index is -1.01. The summed E-state index contributed by atoms with van der Waals surface area (Å²) in [5, 5.41) is 36.5. The maximum atomic E-state index is 11.7. The highest BCUT2D eigenvalue weighted by molar-refractivity contribution is 7.78. The zero-order chi connectivity index (χ0) is 20.3. The Hall–Kier alpha value is -3.67. The summed E-state index contributed by atoms with van der Waals surface area (Å²) in [6.45, 7) is 0. The fourth-order valence-electron chi connectivity index (χ4n) is 3.26. The molecule has 0 saturated heterocycles. The third kappa shape index (κ3) is 3.57. The number of thiocarbonyl (C=S) groups is 1. The Balaban J connectivity index is 0.000000706. The molecule has 28 heavy (non-hydrogen) atoms. The van der Waals surface area contributed by atoms with Crippen molar-refractivity contribution >= 4 is 23.3 Å². The van der Waals surface area contributed by atoms with Gasteiger partial charge in [0, 0.05) is 29.2 Å². The predicted octanol–water partition coefficient (Wildman–Crippen LogP) is 4.75. The van der Waals surface area contributed by atoms with Gasteiger partial charge in [-0.25, -0.2) is 10.2 Å². The van der Waals surface area contributed by atoms with Crippen LogP contribution in [0, 0.1) is 5.41 Å². The van der Waals surface area contributed by atoms with E-state index >= 15 is 0 Å². The van der Waals surface area contributed by atoms with Crippen LogP contribution in [0.25, 0.3) is 0 Å². The third-order valence-electron chi connectivity index (χ3n) is 4.34. The standard InChI is InChI=1S/C20H14O5.CHNS/c21-11-5-7-15-17(9-11)25-18-10-12(22)6-8-16(18)19(15)13-3-1-2-4-14(13)20(23)24;2-1-3/h1-10,19,21-22H,(H,23,24);2H. The topological polar surface area (TPSA) is 111 Å². The largest absolute Gasteiger partial charge is 0.508 e. The lowest BCUT2D eigenvalue weighted by atomic mass is 9.80. The normalized spacial score (nSPS) is 11.7. The maximum Gasteiger partial charge on any atom is 0.335 e. The summed E-state index contributed by atoms with van der Waals surface area (Å²) in [6.07, 6.45) is 0. The van der Waals surface area contributed by atoms with Crippen LogP contribution in [0.1, 0.15) is 33.0 Å². The number of fused-ring (bicyclic) bond motifs is 2. The number of phenolic OH excluding ortho intramolecular Hbond substituents is 2. The highest BCUT2D eigenvalue weighted by Crippen LogP contribution is 2.49. The van der Waals surface area contributed by atoms with Crippen LogP contribution in [0.3, 0.4) is 0 Å². The van der Waals surface area contributed by atoms with Crippen LogP contribution in [-0.2, 0) is 0 Å². The number of rotatable bonds is 2. The Morgan fingerprint density at radius 1 is 0.929 bits per heavy atom. The van der Waals surface area contributed by atoms with E-state index in [0.717, 1.165) is 11.1 Å². The van der Waals surface area contributed by atoms with Gasteiger partial charge < -0.3 is 20.1 Å². The fraction of sp³-hybridized carbons (Fsp3) is 0.0476. The van der Waals surface area contributed by atoms with Crippen molar-refractivity contribution in [3.05, 3.63) is 82.9 Å². The van der Waals surface area contributed by atoms with Crippen molar-refractivity contribution in [1.82, 2.24) is 0 Å². The first-order chi connectivity index (χ1) is 13.5. The van der Waals surface area contributed by atoms with Gasteiger partial charge in [0.1, 0.15) is 23.0 Å². The summed E-state index contributed by atoms with van der Waals surface area (Å²) in [7, 11) is 0. The van der Waals surface area contributed by atoms with E-state index in [2.05, 4.69) is 12.2 Å². The first kappa shape index (κ1) is 19.1. The van der Waals surface area contributed by atoms with Crippen LogP contribution >= 0.6 is 12.2 Å². The lowest BCUT2D eigenvalue weighted by Gasteiger charge is -2.29. The van der Waals surface area contributed by atoms with E-state index < -0.39 is 5.97 Å². The van der Waals surface area contributed by atoms with E-state index in [9.17, 15) is 20.1 Å². The lowest BCUT2D eigenvalue weighted by Crippen LogP contribution is -2.15. The molecule has 7 heteroatoms. The number of hydrogen-bond donors (Lipinski definition) is 4. The smallest absolute Gasteiger partial charge is 0.335 e. The van der Waals surface area contributed by atoms with Crippen LogP contribution < -0.4 is 4.74 Å². The number of phenols is 2. The van der Waals surface area contributed by atoms with Gasteiger partial charge in [-0.3, -0.25) is 0 Å². The van der Waals surface area contributed by atoms with Crippen molar-refractivity contribution in [1.29, 1.82) is 5.41 Å². The molecule has 0 saturated carbocycles. The van der Waals surface area contributed by atoms with Gasteiger partial charge in [-0.05, 0) is 36.0 Å². The third-order valence-corrected chi connectivity index (χ3v) is 4.34. The van der Waals surface area contributed by atoms with Crippen LogP contribution in [0.2, 0.25) is 0 Å². The van der Waals surface area contributed by atoms with E-state index in [1.165, 1.54) is 12.1 Å². The molecule has 0 fully saturated rings. The number of hydrogen-bond acceptors (Lipinski definition) is 6. The van der Waals surface area contributed by atoms with Crippen LogP contribution in [0.4, 0.5) is 0 Å². The summed E-state index contributed by atoms with van der Waals surface area (Å²) in [6, 6.07) is 16.3. The number of benzene rings is 3. The number of isothiocyanates is 1. The number of carbonyl (C=O) groups is 1. The van der Waals surface area contributed by atoms with Crippen molar-refractivity contribution in [2.45, 2.75) is 5.92 Å². The van der Waals surface area contributed by atoms with Gasteiger partial charge >= 0.3 is 5.97 Å². The van der Waals surface area contributed by atoms with Crippen LogP contribution in [0.5, 0.6) is 23.0 Å². The highest BCUT2D eigenvalue weighted by atomic mass is 32.1. The van der Waals surface area contributed by atoms with Gasteiger partial charge in [0.2, 0.25) is 0 Å². The van der Waals surface area contributed by atoms with Crippen molar-refractivity contribution in [3.8, 4) is 23.0 Å².